The number of aromatic nitrogens is 2. The highest BCUT2D eigenvalue weighted by atomic mass is 16.5. The third kappa shape index (κ3) is 6.70. The first kappa shape index (κ1) is 28.0. The summed E-state index contributed by atoms with van der Waals surface area (Å²) in [6.45, 7) is 5.21. The number of fused-ring (bicyclic) bond motifs is 1. The summed E-state index contributed by atoms with van der Waals surface area (Å²) < 4.78 is 19.3. The van der Waals surface area contributed by atoms with E-state index in [2.05, 4.69) is 64.4 Å². The minimum Gasteiger partial charge on any atom is -0.487 e. The molecule has 0 N–H and O–H groups in total. The van der Waals surface area contributed by atoms with Crippen molar-refractivity contribution >= 4 is 16.7 Å². The highest BCUT2D eigenvalue weighted by Gasteiger charge is 2.14. The molecule has 2 heterocycles. The normalized spacial score (nSPS) is 11.1. The van der Waals surface area contributed by atoms with Gasteiger partial charge in [-0.3, -0.25) is 4.79 Å². The van der Waals surface area contributed by atoms with Crippen molar-refractivity contribution in [2.45, 2.75) is 39.8 Å². The maximum atomic E-state index is 12.0. The average molecular weight is 571 g/mol. The zero-order valence-electron chi connectivity index (χ0n) is 24.5. The minimum atomic E-state index is -0.166. The molecule has 0 unspecified atom stereocenters. The number of nitrogens with zero attached hydrogens (tertiary/aromatic N) is 2. The molecule has 0 aliphatic heterocycles. The molecule has 0 bridgehead atoms. The van der Waals surface area contributed by atoms with E-state index in [1.165, 1.54) is 5.56 Å². The van der Waals surface area contributed by atoms with E-state index in [9.17, 15) is 4.79 Å². The Hall–Kier alpha value is -5.10. The van der Waals surface area contributed by atoms with Crippen LogP contribution in [0, 0.1) is 6.92 Å². The number of rotatable bonds is 11. The third-order valence-corrected chi connectivity index (χ3v) is 7.48. The second-order valence-corrected chi connectivity index (χ2v) is 10.6. The Kier molecular flexibility index (Phi) is 8.36. The highest BCUT2D eigenvalue weighted by Crippen LogP contribution is 2.28. The van der Waals surface area contributed by atoms with Crippen molar-refractivity contribution < 1.29 is 18.7 Å². The van der Waals surface area contributed by atoms with Crippen molar-refractivity contribution in [2.75, 3.05) is 6.61 Å². The van der Waals surface area contributed by atoms with Crippen LogP contribution < -0.4 is 4.74 Å². The van der Waals surface area contributed by atoms with Crippen molar-refractivity contribution in [1.29, 1.82) is 0 Å². The van der Waals surface area contributed by atoms with Gasteiger partial charge in [-0.1, -0.05) is 66.7 Å². The standard InChI is InChI=1S/C37H34N2O4/c1-3-41-36(40)19-17-32-23-39(24-34(32)28-10-6-4-7-11-28)22-27-14-15-31-21-33(18-16-30(31)20-27)42-25-35-26(2)43-37(38-35)29-12-8-5-9-13-29/h4-16,18,20-21,23-24H,3,17,19,22,25H2,1-2H3. The lowest BCUT2D eigenvalue weighted by Gasteiger charge is -2.08. The topological polar surface area (TPSA) is 66.5 Å². The lowest BCUT2D eigenvalue weighted by Crippen LogP contribution is -2.05. The quantitative estimate of drug-likeness (QED) is 0.146. The SMILES string of the molecule is CCOC(=O)CCc1cn(Cc2ccc3cc(OCc4nc(-c5ccccc5)oc4C)ccc3c2)cc1-c1ccccc1. The van der Waals surface area contributed by atoms with E-state index < -0.39 is 0 Å². The van der Waals surface area contributed by atoms with Gasteiger partial charge in [0.05, 0.1) is 6.61 Å². The van der Waals surface area contributed by atoms with Gasteiger partial charge >= 0.3 is 5.97 Å². The molecule has 0 amide bonds. The number of esters is 1. The first-order valence-corrected chi connectivity index (χ1v) is 14.6. The fourth-order valence-corrected chi connectivity index (χ4v) is 5.28. The van der Waals surface area contributed by atoms with Gasteiger partial charge in [0.2, 0.25) is 5.89 Å². The van der Waals surface area contributed by atoms with E-state index in [4.69, 9.17) is 13.9 Å². The van der Waals surface area contributed by atoms with Crippen molar-refractivity contribution in [3.63, 3.8) is 0 Å². The first-order valence-electron chi connectivity index (χ1n) is 14.6. The van der Waals surface area contributed by atoms with E-state index in [1.54, 1.807) is 0 Å². The number of aryl methyl sites for hydroxylation is 2. The summed E-state index contributed by atoms with van der Waals surface area (Å²) in [7, 11) is 0. The predicted molar refractivity (Wildman–Crippen MR) is 169 cm³/mol. The van der Waals surface area contributed by atoms with Gasteiger partial charge in [-0.15, -0.1) is 0 Å². The van der Waals surface area contributed by atoms with Crippen LogP contribution in [0.2, 0.25) is 0 Å². The molecule has 6 nitrogen and oxygen atoms in total. The second kappa shape index (κ2) is 12.8. The molecule has 0 fully saturated rings. The van der Waals surface area contributed by atoms with E-state index >= 15 is 0 Å². The molecule has 2 aromatic heterocycles. The van der Waals surface area contributed by atoms with Gasteiger partial charge in [0.1, 0.15) is 23.8 Å². The van der Waals surface area contributed by atoms with Crippen LogP contribution >= 0.6 is 0 Å². The lowest BCUT2D eigenvalue weighted by molar-refractivity contribution is -0.143. The molecule has 4 aromatic carbocycles. The molecule has 0 atom stereocenters. The summed E-state index contributed by atoms with van der Waals surface area (Å²) in [5.74, 6) is 1.98. The Bertz CT molecular complexity index is 1840. The lowest BCUT2D eigenvalue weighted by atomic mass is 10.0. The zero-order chi connectivity index (χ0) is 29.6. The number of hydrogen-bond acceptors (Lipinski definition) is 5. The summed E-state index contributed by atoms with van der Waals surface area (Å²) in [4.78, 5) is 16.7. The third-order valence-electron chi connectivity index (χ3n) is 7.48. The Morgan fingerprint density at radius 1 is 0.860 bits per heavy atom. The number of oxazole rings is 1. The molecular formula is C37H34N2O4. The van der Waals surface area contributed by atoms with Crippen LogP contribution in [0.1, 0.15) is 35.9 Å². The number of carbonyl (C=O) groups is 1. The molecule has 0 aliphatic carbocycles. The molecule has 0 saturated carbocycles. The maximum absolute atomic E-state index is 12.0. The van der Waals surface area contributed by atoms with Crippen LogP contribution in [0.5, 0.6) is 5.75 Å². The Morgan fingerprint density at radius 3 is 2.35 bits per heavy atom. The molecule has 0 aliphatic rings. The van der Waals surface area contributed by atoms with Crippen LogP contribution in [-0.4, -0.2) is 22.1 Å². The van der Waals surface area contributed by atoms with Gasteiger partial charge in [-0.05, 0) is 78.1 Å². The monoisotopic (exact) mass is 570 g/mol. The Morgan fingerprint density at radius 2 is 1.58 bits per heavy atom. The molecule has 0 radical (unpaired) electrons. The molecule has 6 rings (SSSR count). The largest absolute Gasteiger partial charge is 0.487 e. The van der Waals surface area contributed by atoms with Crippen molar-refractivity contribution in [1.82, 2.24) is 9.55 Å². The summed E-state index contributed by atoms with van der Waals surface area (Å²) in [5, 5.41) is 2.25. The minimum absolute atomic E-state index is 0.166. The summed E-state index contributed by atoms with van der Waals surface area (Å²) >= 11 is 0. The fourth-order valence-electron chi connectivity index (χ4n) is 5.28. The van der Waals surface area contributed by atoms with Gasteiger partial charge in [0, 0.05) is 36.5 Å². The number of benzene rings is 4. The Labute approximate surface area is 251 Å². The molecule has 43 heavy (non-hydrogen) atoms. The van der Waals surface area contributed by atoms with Gasteiger partial charge in [0.15, 0.2) is 0 Å². The van der Waals surface area contributed by atoms with Gasteiger partial charge in [-0.25, -0.2) is 4.98 Å². The van der Waals surface area contributed by atoms with Crippen LogP contribution in [0.15, 0.2) is 114 Å². The van der Waals surface area contributed by atoms with Gasteiger partial charge in [-0.2, -0.15) is 0 Å². The molecular weight excluding hydrogens is 536 g/mol. The van der Waals surface area contributed by atoms with E-state index in [1.807, 2.05) is 68.4 Å². The molecule has 0 saturated heterocycles. The predicted octanol–water partition coefficient (Wildman–Crippen LogP) is 8.39. The summed E-state index contributed by atoms with van der Waals surface area (Å²) in [6.07, 6.45) is 5.32. The van der Waals surface area contributed by atoms with Crippen LogP contribution in [0.4, 0.5) is 0 Å². The number of ether oxygens (including phenoxy) is 2. The highest BCUT2D eigenvalue weighted by molar-refractivity contribution is 5.84. The molecule has 6 heteroatoms. The second-order valence-electron chi connectivity index (χ2n) is 10.6. The van der Waals surface area contributed by atoms with Gasteiger partial charge < -0.3 is 18.5 Å². The number of hydrogen-bond donors (Lipinski definition) is 0. The van der Waals surface area contributed by atoms with E-state index in [0.29, 0.717) is 31.9 Å². The van der Waals surface area contributed by atoms with E-state index in [-0.39, 0.29) is 5.97 Å². The first-order chi connectivity index (χ1) is 21.1. The van der Waals surface area contributed by atoms with Crippen molar-refractivity contribution in [3.05, 3.63) is 132 Å². The summed E-state index contributed by atoms with van der Waals surface area (Å²) in [5.41, 5.74) is 6.36. The average Bonchev–Trinajstić information content (AvgIpc) is 3.62. The number of carbonyl (C=O) groups excluding carboxylic acids is 1. The maximum Gasteiger partial charge on any atom is 0.306 e. The fraction of sp³-hybridized carbons (Fsp3) is 0.189. The van der Waals surface area contributed by atoms with Gasteiger partial charge in [0.25, 0.3) is 0 Å². The van der Waals surface area contributed by atoms with Crippen LogP contribution in [0.25, 0.3) is 33.4 Å². The van der Waals surface area contributed by atoms with Crippen molar-refractivity contribution in [2.24, 2.45) is 0 Å². The Balaban J connectivity index is 1.16. The summed E-state index contributed by atoms with van der Waals surface area (Å²) in [6, 6.07) is 32.8. The molecule has 6 aromatic rings. The smallest absolute Gasteiger partial charge is 0.306 e. The van der Waals surface area contributed by atoms with E-state index in [0.717, 1.165) is 56.8 Å². The molecule has 216 valence electrons. The molecule has 0 spiro atoms. The zero-order valence-corrected chi connectivity index (χ0v) is 24.5. The van der Waals surface area contributed by atoms with Crippen LogP contribution in [0.3, 0.4) is 0 Å². The van der Waals surface area contributed by atoms with Crippen molar-refractivity contribution in [3.8, 4) is 28.3 Å². The van der Waals surface area contributed by atoms with Crippen LogP contribution in [-0.2, 0) is 29.1 Å².